The minimum Gasteiger partial charge on any atom is -0.111 e. The van der Waals surface area contributed by atoms with Crippen molar-refractivity contribution in [2.45, 2.75) is 19.3 Å². The van der Waals surface area contributed by atoms with Crippen LogP contribution in [0, 0.1) is 5.92 Å². The van der Waals surface area contributed by atoms with Crippen LogP contribution in [0.25, 0.3) is 5.57 Å². The molecule has 3 aromatic rings. The van der Waals surface area contributed by atoms with Gasteiger partial charge in [0.25, 0.3) is 0 Å². The van der Waals surface area contributed by atoms with Crippen molar-refractivity contribution in [2.24, 2.45) is 5.92 Å². The van der Waals surface area contributed by atoms with Crippen molar-refractivity contribution in [3.05, 3.63) is 117 Å². The predicted octanol–water partition coefficient (Wildman–Crippen LogP) is 7.01. The molecule has 0 heterocycles. The molecule has 0 unspecified atom stereocenters. The van der Waals surface area contributed by atoms with Crippen molar-refractivity contribution in [2.75, 3.05) is 0 Å². The molecule has 0 spiro atoms. The Bertz CT molecular complexity index is 936. The highest BCUT2D eigenvalue weighted by Gasteiger charge is 2.54. The Hall–Kier alpha value is -2.34. The first kappa shape index (κ1) is 17.1. The smallest absolute Gasteiger partial charge is 0.0309 e. The van der Waals surface area contributed by atoms with Gasteiger partial charge in [0, 0.05) is 15.5 Å². The van der Waals surface area contributed by atoms with Gasteiger partial charge in [-0.2, -0.15) is 0 Å². The van der Waals surface area contributed by atoms with Crippen LogP contribution < -0.4 is 0 Å². The first-order valence-electron chi connectivity index (χ1n) is 8.99. The van der Waals surface area contributed by atoms with E-state index in [-0.39, 0.29) is 5.41 Å². The molecule has 1 fully saturated rings. The molecule has 3 aromatic carbocycles. The average molecular weight is 401 g/mol. The van der Waals surface area contributed by atoms with E-state index < -0.39 is 0 Å². The summed E-state index contributed by atoms with van der Waals surface area (Å²) in [6.45, 7) is 4.63. The molecule has 0 aromatic heterocycles. The highest BCUT2D eigenvalue weighted by Crippen LogP contribution is 2.59. The van der Waals surface area contributed by atoms with Gasteiger partial charge in [0.15, 0.2) is 0 Å². The molecule has 4 rings (SSSR count). The molecule has 2 atom stereocenters. The van der Waals surface area contributed by atoms with Gasteiger partial charge in [-0.05, 0) is 40.3 Å². The van der Waals surface area contributed by atoms with Gasteiger partial charge in [-0.1, -0.05) is 103 Å². The molecular formula is C25H21Br. The van der Waals surface area contributed by atoms with Gasteiger partial charge in [-0.15, -0.1) is 5.73 Å². The zero-order valence-electron chi connectivity index (χ0n) is 15.0. The van der Waals surface area contributed by atoms with E-state index in [0.717, 1.165) is 4.47 Å². The summed E-state index contributed by atoms with van der Waals surface area (Å²) < 4.78 is 1.12. The van der Waals surface area contributed by atoms with E-state index in [9.17, 15) is 0 Å². The summed E-state index contributed by atoms with van der Waals surface area (Å²) >= 11 is 3.54. The fourth-order valence-corrected chi connectivity index (χ4v) is 3.98. The molecular weight excluding hydrogens is 380 g/mol. The van der Waals surface area contributed by atoms with Crippen molar-refractivity contribution in [3.8, 4) is 0 Å². The Morgan fingerprint density at radius 3 is 1.81 bits per heavy atom. The molecule has 1 saturated carbocycles. The summed E-state index contributed by atoms with van der Waals surface area (Å²) in [7, 11) is 0. The Balaban J connectivity index is 1.88. The van der Waals surface area contributed by atoms with Gasteiger partial charge < -0.3 is 0 Å². The van der Waals surface area contributed by atoms with Crippen molar-refractivity contribution in [1.82, 2.24) is 0 Å². The number of halogens is 1. The van der Waals surface area contributed by atoms with Crippen LogP contribution in [0.4, 0.5) is 0 Å². The molecule has 128 valence electrons. The molecule has 0 N–H and O–H groups in total. The normalized spacial score (nSPS) is 21.2. The minimum atomic E-state index is 0.0650. The van der Waals surface area contributed by atoms with Crippen molar-refractivity contribution < 1.29 is 0 Å². The largest absolute Gasteiger partial charge is 0.111 e. The molecule has 0 bridgehead atoms. The second-order valence-electron chi connectivity index (χ2n) is 7.08. The summed E-state index contributed by atoms with van der Waals surface area (Å²) in [5.41, 5.74) is 10.2. The number of hydrogen-bond donors (Lipinski definition) is 0. The molecule has 26 heavy (non-hydrogen) atoms. The number of rotatable bonds is 3. The lowest BCUT2D eigenvalue weighted by Gasteiger charge is -2.09. The van der Waals surface area contributed by atoms with Crippen LogP contribution in [-0.4, -0.2) is 0 Å². The standard InChI is InChI=1S/C25H21Br/c1-18-24(25(18,2)21-13-15-22(26)16-14-21)17-23(19-9-5-3-6-10-19)20-11-7-4-8-12-20/h3-16,18H,1-2H3/t18-,25+/m0/s1. The van der Waals surface area contributed by atoms with E-state index in [4.69, 9.17) is 0 Å². The Morgan fingerprint density at radius 2 is 1.31 bits per heavy atom. The number of benzene rings is 3. The van der Waals surface area contributed by atoms with Crippen LogP contribution in [0.2, 0.25) is 0 Å². The van der Waals surface area contributed by atoms with Crippen LogP contribution in [0.5, 0.6) is 0 Å². The molecule has 0 aliphatic heterocycles. The van der Waals surface area contributed by atoms with Gasteiger partial charge in [-0.3, -0.25) is 0 Å². The monoisotopic (exact) mass is 400 g/mol. The lowest BCUT2D eigenvalue weighted by atomic mass is 9.94. The van der Waals surface area contributed by atoms with Gasteiger partial charge in [0.05, 0.1) is 0 Å². The number of hydrogen-bond acceptors (Lipinski definition) is 0. The quantitative estimate of drug-likeness (QED) is 0.414. The molecule has 1 aliphatic carbocycles. The summed E-state index contributed by atoms with van der Waals surface area (Å²) in [4.78, 5) is 0. The topological polar surface area (TPSA) is 0 Å². The molecule has 0 amide bonds. The third kappa shape index (κ3) is 2.98. The average Bonchev–Trinajstić information content (AvgIpc) is 3.22. The van der Waals surface area contributed by atoms with Crippen LogP contribution >= 0.6 is 15.9 Å². The lowest BCUT2D eigenvalue weighted by molar-refractivity contribution is 0.706. The van der Waals surface area contributed by atoms with Crippen molar-refractivity contribution in [3.63, 3.8) is 0 Å². The Morgan fingerprint density at radius 1 is 0.808 bits per heavy atom. The van der Waals surface area contributed by atoms with Crippen LogP contribution in [-0.2, 0) is 5.41 Å². The lowest BCUT2D eigenvalue weighted by Crippen LogP contribution is -2.02. The Labute approximate surface area is 164 Å². The van der Waals surface area contributed by atoms with Gasteiger partial charge in [-0.25, -0.2) is 0 Å². The van der Waals surface area contributed by atoms with Crippen molar-refractivity contribution >= 4 is 21.5 Å². The van der Waals surface area contributed by atoms with E-state index in [0.29, 0.717) is 5.92 Å². The van der Waals surface area contributed by atoms with E-state index >= 15 is 0 Å². The van der Waals surface area contributed by atoms with E-state index in [1.54, 1.807) is 0 Å². The summed E-state index contributed by atoms with van der Waals surface area (Å²) in [6, 6.07) is 29.9. The first-order chi connectivity index (χ1) is 12.6. The summed E-state index contributed by atoms with van der Waals surface area (Å²) in [5.74, 6) is 0.492. The SMILES string of the molecule is C[C@H]1C(=C=C(c2ccccc2)c2ccccc2)[C@@]1(C)c1ccc(Br)cc1. The van der Waals surface area contributed by atoms with Gasteiger partial charge >= 0.3 is 0 Å². The second kappa shape index (κ2) is 6.76. The summed E-state index contributed by atoms with van der Waals surface area (Å²) in [6.07, 6.45) is 0. The Kier molecular flexibility index (Phi) is 4.44. The predicted molar refractivity (Wildman–Crippen MR) is 113 cm³/mol. The van der Waals surface area contributed by atoms with Crippen LogP contribution in [0.3, 0.4) is 0 Å². The van der Waals surface area contributed by atoms with Gasteiger partial charge in [0.1, 0.15) is 0 Å². The molecule has 0 saturated heterocycles. The number of allylic oxidation sites excluding steroid dienone is 1. The second-order valence-corrected chi connectivity index (χ2v) is 7.99. The van der Waals surface area contributed by atoms with Crippen LogP contribution in [0.1, 0.15) is 30.5 Å². The fraction of sp³-hybridized carbons (Fsp3) is 0.160. The highest BCUT2D eigenvalue weighted by atomic mass is 79.9. The van der Waals surface area contributed by atoms with Crippen molar-refractivity contribution in [1.29, 1.82) is 0 Å². The summed E-state index contributed by atoms with van der Waals surface area (Å²) in [5, 5.41) is 0. The van der Waals surface area contributed by atoms with Gasteiger partial charge in [0.2, 0.25) is 0 Å². The fourth-order valence-electron chi connectivity index (χ4n) is 3.72. The zero-order valence-corrected chi connectivity index (χ0v) is 16.6. The maximum absolute atomic E-state index is 3.80. The third-order valence-electron chi connectivity index (χ3n) is 5.60. The third-order valence-corrected chi connectivity index (χ3v) is 6.13. The first-order valence-corrected chi connectivity index (χ1v) is 9.78. The van der Waals surface area contributed by atoms with Crippen LogP contribution in [0.15, 0.2) is 101 Å². The minimum absolute atomic E-state index is 0.0650. The molecule has 1 aliphatic rings. The van der Waals surface area contributed by atoms with E-state index in [2.05, 4.69) is 120 Å². The highest BCUT2D eigenvalue weighted by molar-refractivity contribution is 9.10. The zero-order chi connectivity index (χ0) is 18.1. The maximum atomic E-state index is 3.80. The molecule has 0 nitrogen and oxygen atoms in total. The van der Waals surface area contributed by atoms with E-state index in [1.165, 1.54) is 27.8 Å². The molecule has 0 radical (unpaired) electrons. The van der Waals surface area contributed by atoms with E-state index in [1.807, 2.05) is 0 Å². The maximum Gasteiger partial charge on any atom is 0.0309 e. The molecule has 1 heteroatoms.